The number of halogens is 1. The van der Waals surface area contributed by atoms with E-state index in [0.717, 1.165) is 11.5 Å². The number of benzene rings is 1. The van der Waals surface area contributed by atoms with Crippen LogP contribution in [0.3, 0.4) is 0 Å². The van der Waals surface area contributed by atoms with Crippen LogP contribution in [0.1, 0.15) is 44.7 Å². The molecule has 1 N–H and O–H groups in total. The maximum Gasteiger partial charge on any atom is 0.165 e. The van der Waals surface area contributed by atoms with Crippen LogP contribution in [0.15, 0.2) is 18.2 Å². The lowest BCUT2D eigenvalue weighted by Gasteiger charge is -2.20. The van der Waals surface area contributed by atoms with E-state index in [-0.39, 0.29) is 11.9 Å². The van der Waals surface area contributed by atoms with E-state index >= 15 is 0 Å². The first-order chi connectivity index (χ1) is 8.60. The molecule has 3 heteroatoms. The minimum absolute atomic E-state index is 0.166. The molecular weight excluding hydrogens is 229 g/mol. The standard InChI is InChI=1S/C15H22FNO/c1-10(8-12-4-5-12)17-11(2)13-6-7-15(18-3)14(16)9-13/h6-7,9-12,17H,4-5,8H2,1-3H3. The van der Waals surface area contributed by atoms with Crippen molar-refractivity contribution in [3.8, 4) is 5.75 Å². The maximum atomic E-state index is 13.6. The van der Waals surface area contributed by atoms with Crippen LogP contribution in [-0.2, 0) is 0 Å². The number of nitrogens with one attached hydrogen (secondary N) is 1. The summed E-state index contributed by atoms with van der Waals surface area (Å²) < 4.78 is 18.5. The molecule has 2 nitrogen and oxygen atoms in total. The van der Waals surface area contributed by atoms with Crippen LogP contribution in [0.2, 0.25) is 0 Å². The molecule has 1 saturated carbocycles. The van der Waals surface area contributed by atoms with Gasteiger partial charge in [0.05, 0.1) is 7.11 Å². The lowest BCUT2D eigenvalue weighted by Crippen LogP contribution is -2.29. The molecule has 0 spiro atoms. The summed E-state index contributed by atoms with van der Waals surface area (Å²) in [6.07, 6.45) is 3.97. The topological polar surface area (TPSA) is 21.3 Å². The number of ether oxygens (including phenoxy) is 1. The third kappa shape index (κ3) is 3.45. The highest BCUT2D eigenvalue weighted by atomic mass is 19.1. The first kappa shape index (κ1) is 13.3. The van der Waals surface area contributed by atoms with Crippen molar-refractivity contribution < 1.29 is 9.13 Å². The van der Waals surface area contributed by atoms with E-state index in [2.05, 4.69) is 19.2 Å². The Hall–Kier alpha value is -1.09. The average Bonchev–Trinajstić information content (AvgIpc) is 3.12. The van der Waals surface area contributed by atoms with E-state index < -0.39 is 0 Å². The summed E-state index contributed by atoms with van der Waals surface area (Å²) in [4.78, 5) is 0. The molecule has 1 aromatic carbocycles. The van der Waals surface area contributed by atoms with Gasteiger partial charge in [-0.2, -0.15) is 0 Å². The number of methoxy groups -OCH3 is 1. The van der Waals surface area contributed by atoms with Crippen LogP contribution in [0.25, 0.3) is 0 Å². The van der Waals surface area contributed by atoms with Gasteiger partial charge in [0.15, 0.2) is 11.6 Å². The number of rotatable bonds is 6. The van der Waals surface area contributed by atoms with Crippen LogP contribution in [0.4, 0.5) is 4.39 Å². The molecule has 0 bridgehead atoms. The highest BCUT2D eigenvalue weighted by molar-refractivity contribution is 5.30. The molecule has 1 fully saturated rings. The van der Waals surface area contributed by atoms with Crippen LogP contribution in [0.5, 0.6) is 5.75 Å². The van der Waals surface area contributed by atoms with Crippen molar-refractivity contribution in [2.75, 3.05) is 7.11 Å². The number of hydrogen-bond acceptors (Lipinski definition) is 2. The molecular formula is C15H22FNO. The molecule has 2 unspecified atom stereocenters. The van der Waals surface area contributed by atoms with E-state index in [1.807, 2.05) is 6.07 Å². The van der Waals surface area contributed by atoms with E-state index in [1.165, 1.54) is 26.4 Å². The van der Waals surface area contributed by atoms with Crippen LogP contribution < -0.4 is 10.1 Å². The summed E-state index contributed by atoms with van der Waals surface area (Å²) in [6.45, 7) is 4.28. The Bertz CT molecular complexity index is 403. The zero-order valence-electron chi connectivity index (χ0n) is 11.4. The van der Waals surface area contributed by atoms with Crippen molar-refractivity contribution in [2.24, 2.45) is 5.92 Å². The molecule has 0 aliphatic heterocycles. The molecule has 0 heterocycles. The fourth-order valence-corrected chi connectivity index (χ4v) is 2.40. The summed E-state index contributed by atoms with van der Waals surface area (Å²) in [7, 11) is 1.48. The predicted molar refractivity (Wildman–Crippen MR) is 71.3 cm³/mol. The van der Waals surface area contributed by atoms with Crippen molar-refractivity contribution in [2.45, 2.75) is 45.2 Å². The highest BCUT2D eigenvalue weighted by Gasteiger charge is 2.24. The van der Waals surface area contributed by atoms with Gasteiger partial charge < -0.3 is 10.1 Å². The molecule has 1 aliphatic carbocycles. The number of hydrogen-bond donors (Lipinski definition) is 1. The molecule has 1 aromatic rings. The maximum absolute atomic E-state index is 13.6. The lowest BCUT2D eigenvalue weighted by molar-refractivity contribution is 0.384. The van der Waals surface area contributed by atoms with Gasteiger partial charge in [-0.15, -0.1) is 0 Å². The van der Waals surface area contributed by atoms with Gasteiger partial charge >= 0.3 is 0 Å². The highest BCUT2D eigenvalue weighted by Crippen LogP contribution is 2.34. The quantitative estimate of drug-likeness (QED) is 0.833. The zero-order valence-corrected chi connectivity index (χ0v) is 11.4. The van der Waals surface area contributed by atoms with Gasteiger partial charge in [0.2, 0.25) is 0 Å². The van der Waals surface area contributed by atoms with Crippen LogP contribution >= 0.6 is 0 Å². The van der Waals surface area contributed by atoms with Gasteiger partial charge in [0.1, 0.15) is 0 Å². The van der Waals surface area contributed by atoms with Gasteiger partial charge in [-0.25, -0.2) is 4.39 Å². The Balaban J connectivity index is 1.94. The Labute approximate surface area is 109 Å². The predicted octanol–water partition coefficient (Wildman–Crippen LogP) is 3.67. The Morgan fingerprint density at radius 1 is 1.39 bits per heavy atom. The van der Waals surface area contributed by atoms with Crippen molar-refractivity contribution in [1.82, 2.24) is 5.32 Å². The van der Waals surface area contributed by atoms with E-state index in [4.69, 9.17) is 4.74 Å². The van der Waals surface area contributed by atoms with Crippen molar-refractivity contribution >= 4 is 0 Å². The van der Waals surface area contributed by atoms with E-state index in [9.17, 15) is 4.39 Å². The molecule has 0 radical (unpaired) electrons. The zero-order chi connectivity index (χ0) is 13.1. The van der Waals surface area contributed by atoms with E-state index in [1.54, 1.807) is 12.1 Å². The molecule has 18 heavy (non-hydrogen) atoms. The molecule has 2 rings (SSSR count). The largest absolute Gasteiger partial charge is 0.494 e. The SMILES string of the molecule is COc1ccc(C(C)NC(C)CC2CC2)cc1F. The lowest BCUT2D eigenvalue weighted by atomic mass is 10.1. The molecule has 0 aromatic heterocycles. The Morgan fingerprint density at radius 3 is 2.67 bits per heavy atom. The molecule has 1 aliphatic rings. The fraction of sp³-hybridized carbons (Fsp3) is 0.600. The summed E-state index contributed by atoms with van der Waals surface area (Å²) in [5, 5.41) is 3.52. The van der Waals surface area contributed by atoms with Gasteiger partial charge in [0, 0.05) is 12.1 Å². The smallest absolute Gasteiger partial charge is 0.165 e. The first-order valence-electron chi connectivity index (χ1n) is 6.69. The molecule has 2 atom stereocenters. The summed E-state index contributed by atoms with van der Waals surface area (Å²) >= 11 is 0. The van der Waals surface area contributed by atoms with Crippen molar-refractivity contribution in [1.29, 1.82) is 0 Å². The molecule has 0 saturated heterocycles. The van der Waals surface area contributed by atoms with E-state index in [0.29, 0.717) is 11.8 Å². The third-order valence-corrected chi connectivity index (χ3v) is 3.59. The van der Waals surface area contributed by atoms with Gasteiger partial charge in [0.25, 0.3) is 0 Å². The van der Waals surface area contributed by atoms with Gasteiger partial charge in [-0.05, 0) is 43.9 Å². The minimum atomic E-state index is -0.293. The Morgan fingerprint density at radius 2 is 2.11 bits per heavy atom. The molecule has 0 amide bonds. The van der Waals surface area contributed by atoms with Crippen molar-refractivity contribution in [3.05, 3.63) is 29.6 Å². The van der Waals surface area contributed by atoms with Crippen LogP contribution in [0, 0.1) is 11.7 Å². The third-order valence-electron chi connectivity index (χ3n) is 3.59. The monoisotopic (exact) mass is 251 g/mol. The molecule has 100 valence electrons. The van der Waals surface area contributed by atoms with Gasteiger partial charge in [-0.3, -0.25) is 0 Å². The van der Waals surface area contributed by atoms with Crippen molar-refractivity contribution in [3.63, 3.8) is 0 Å². The fourth-order valence-electron chi connectivity index (χ4n) is 2.40. The summed E-state index contributed by atoms with van der Waals surface area (Å²) in [6, 6.07) is 5.81. The minimum Gasteiger partial charge on any atom is -0.494 e. The first-order valence-corrected chi connectivity index (χ1v) is 6.69. The second-order valence-electron chi connectivity index (χ2n) is 5.36. The average molecular weight is 251 g/mol. The second-order valence-corrected chi connectivity index (χ2v) is 5.36. The second kappa shape index (κ2) is 5.70. The summed E-state index contributed by atoms with van der Waals surface area (Å²) in [5.41, 5.74) is 0.968. The van der Waals surface area contributed by atoms with Gasteiger partial charge in [-0.1, -0.05) is 18.9 Å². The normalized spacial score (nSPS) is 18.4. The Kier molecular flexibility index (Phi) is 4.23. The van der Waals surface area contributed by atoms with Crippen LogP contribution in [-0.4, -0.2) is 13.2 Å². The summed E-state index contributed by atoms with van der Waals surface area (Å²) in [5.74, 6) is 0.919.